The number of benzene rings is 2. The highest BCUT2D eigenvalue weighted by Gasteiger charge is 2.07. The van der Waals surface area contributed by atoms with Crippen molar-refractivity contribution in [3.8, 4) is 0 Å². The van der Waals surface area contributed by atoms with Crippen molar-refractivity contribution in [2.45, 2.75) is 6.42 Å². The maximum absolute atomic E-state index is 12.1. The molecule has 0 spiro atoms. The molecule has 0 unspecified atom stereocenters. The Labute approximate surface area is 141 Å². The molecule has 3 amide bonds. The summed E-state index contributed by atoms with van der Waals surface area (Å²) < 4.78 is 0. The molecule has 2 aromatic carbocycles. The maximum Gasteiger partial charge on any atom is 0.316 e. The Morgan fingerprint density at radius 2 is 1.83 bits per heavy atom. The fourth-order valence-electron chi connectivity index (χ4n) is 2.31. The second-order valence-electron chi connectivity index (χ2n) is 5.44. The zero-order valence-corrected chi connectivity index (χ0v) is 13.7. The van der Waals surface area contributed by atoms with E-state index >= 15 is 0 Å². The lowest BCUT2D eigenvalue weighted by Gasteiger charge is -2.19. The van der Waals surface area contributed by atoms with E-state index in [1.165, 1.54) is 0 Å². The van der Waals surface area contributed by atoms with Crippen molar-refractivity contribution >= 4 is 23.3 Å². The molecule has 6 nitrogen and oxygen atoms in total. The van der Waals surface area contributed by atoms with Gasteiger partial charge < -0.3 is 21.3 Å². The number of amides is 3. The number of hydrogen-bond donors (Lipinski definition) is 3. The smallest absolute Gasteiger partial charge is 0.316 e. The molecular weight excluding hydrogens is 304 g/mol. The number of urea groups is 1. The van der Waals surface area contributed by atoms with Crippen LogP contribution in [0.4, 0.5) is 16.2 Å². The molecule has 0 aliphatic heterocycles. The van der Waals surface area contributed by atoms with Gasteiger partial charge >= 0.3 is 6.03 Å². The lowest BCUT2D eigenvalue weighted by molar-refractivity contribution is 0.0953. The van der Waals surface area contributed by atoms with Crippen molar-refractivity contribution in [1.82, 2.24) is 5.32 Å². The number of para-hydroxylation sites is 1. The van der Waals surface area contributed by atoms with Crippen molar-refractivity contribution in [2.75, 3.05) is 30.4 Å². The monoisotopic (exact) mass is 326 g/mol. The van der Waals surface area contributed by atoms with Crippen LogP contribution in [-0.2, 0) is 0 Å². The van der Waals surface area contributed by atoms with E-state index in [1.54, 1.807) is 24.3 Å². The van der Waals surface area contributed by atoms with E-state index in [0.29, 0.717) is 17.8 Å². The minimum absolute atomic E-state index is 0.175. The largest absolute Gasteiger partial charge is 0.375 e. The van der Waals surface area contributed by atoms with Gasteiger partial charge in [0.1, 0.15) is 0 Å². The molecule has 0 heterocycles. The van der Waals surface area contributed by atoms with Crippen LogP contribution in [0, 0.1) is 0 Å². The number of rotatable bonds is 7. The highest BCUT2D eigenvalue weighted by molar-refractivity contribution is 5.96. The van der Waals surface area contributed by atoms with E-state index in [0.717, 1.165) is 18.7 Å². The van der Waals surface area contributed by atoms with Crippen molar-refractivity contribution in [3.05, 3.63) is 60.2 Å². The van der Waals surface area contributed by atoms with Gasteiger partial charge in [0.15, 0.2) is 0 Å². The zero-order chi connectivity index (χ0) is 17.4. The van der Waals surface area contributed by atoms with Crippen LogP contribution >= 0.6 is 0 Å². The van der Waals surface area contributed by atoms with Gasteiger partial charge in [-0.15, -0.1) is 0 Å². The van der Waals surface area contributed by atoms with E-state index in [-0.39, 0.29) is 5.91 Å². The van der Waals surface area contributed by atoms with Crippen LogP contribution in [0.15, 0.2) is 54.6 Å². The third-order valence-electron chi connectivity index (χ3n) is 3.55. The van der Waals surface area contributed by atoms with Gasteiger partial charge in [-0.2, -0.15) is 0 Å². The molecule has 0 saturated heterocycles. The van der Waals surface area contributed by atoms with Gasteiger partial charge in [0.05, 0.1) is 0 Å². The lowest BCUT2D eigenvalue weighted by atomic mass is 10.2. The topological polar surface area (TPSA) is 87.5 Å². The summed E-state index contributed by atoms with van der Waals surface area (Å²) in [5.41, 5.74) is 7.20. The summed E-state index contributed by atoms with van der Waals surface area (Å²) in [6.45, 7) is 1.41. The Morgan fingerprint density at radius 3 is 2.54 bits per heavy atom. The fourth-order valence-corrected chi connectivity index (χ4v) is 2.31. The Kier molecular flexibility index (Phi) is 6.19. The summed E-state index contributed by atoms with van der Waals surface area (Å²) in [6.07, 6.45) is 0.830. The molecule has 2 aromatic rings. The van der Waals surface area contributed by atoms with E-state index < -0.39 is 6.03 Å². The van der Waals surface area contributed by atoms with Crippen LogP contribution in [0.5, 0.6) is 0 Å². The Morgan fingerprint density at radius 1 is 1.08 bits per heavy atom. The van der Waals surface area contributed by atoms with E-state index in [4.69, 9.17) is 5.73 Å². The molecule has 24 heavy (non-hydrogen) atoms. The van der Waals surface area contributed by atoms with Crippen molar-refractivity contribution in [3.63, 3.8) is 0 Å². The lowest BCUT2D eigenvalue weighted by Crippen LogP contribution is -2.28. The summed E-state index contributed by atoms with van der Waals surface area (Å²) in [7, 11) is 2.02. The summed E-state index contributed by atoms with van der Waals surface area (Å²) in [4.78, 5) is 25.1. The molecule has 0 saturated carbocycles. The quantitative estimate of drug-likeness (QED) is 0.683. The van der Waals surface area contributed by atoms with Crippen LogP contribution in [0.1, 0.15) is 16.8 Å². The molecule has 4 N–H and O–H groups in total. The SMILES string of the molecule is CN(CCCNC(=O)c1cccc(NC(N)=O)c1)c1ccccc1. The first-order valence-corrected chi connectivity index (χ1v) is 7.77. The first kappa shape index (κ1) is 17.3. The summed E-state index contributed by atoms with van der Waals surface area (Å²) >= 11 is 0. The van der Waals surface area contributed by atoms with Gasteiger partial charge in [-0.1, -0.05) is 24.3 Å². The highest BCUT2D eigenvalue weighted by Crippen LogP contribution is 2.11. The molecule has 2 rings (SSSR count). The minimum atomic E-state index is -0.656. The second-order valence-corrected chi connectivity index (χ2v) is 5.44. The molecule has 0 bridgehead atoms. The number of nitrogens with one attached hydrogen (secondary N) is 2. The minimum Gasteiger partial charge on any atom is -0.375 e. The Bertz CT molecular complexity index is 688. The maximum atomic E-state index is 12.1. The number of carbonyl (C=O) groups is 2. The number of hydrogen-bond acceptors (Lipinski definition) is 3. The molecule has 0 aromatic heterocycles. The third kappa shape index (κ3) is 5.31. The van der Waals surface area contributed by atoms with Crippen LogP contribution < -0.4 is 21.3 Å². The zero-order valence-electron chi connectivity index (χ0n) is 13.7. The molecule has 0 atom stereocenters. The van der Waals surface area contributed by atoms with Crippen LogP contribution in [0.25, 0.3) is 0 Å². The van der Waals surface area contributed by atoms with Gasteiger partial charge in [0.25, 0.3) is 5.91 Å². The van der Waals surface area contributed by atoms with Gasteiger partial charge in [0, 0.05) is 37.1 Å². The first-order valence-electron chi connectivity index (χ1n) is 7.77. The average molecular weight is 326 g/mol. The van der Waals surface area contributed by atoms with Crippen LogP contribution in [0.3, 0.4) is 0 Å². The normalized spacial score (nSPS) is 10.0. The van der Waals surface area contributed by atoms with Gasteiger partial charge in [-0.25, -0.2) is 4.79 Å². The number of nitrogens with zero attached hydrogens (tertiary/aromatic N) is 1. The van der Waals surface area contributed by atoms with Crippen LogP contribution in [-0.4, -0.2) is 32.1 Å². The van der Waals surface area contributed by atoms with Gasteiger partial charge in [0.2, 0.25) is 0 Å². The third-order valence-corrected chi connectivity index (χ3v) is 3.55. The summed E-state index contributed by atoms with van der Waals surface area (Å²) in [5.74, 6) is -0.175. The molecule has 0 aliphatic rings. The first-order chi connectivity index (χ1) is 11.6. The number of nitrogens with two attached hydrogens (primary N) is 1. The summed E-state index contributed by atoms with van der Waals surface area (Å²) in [6, 6.07) is 16.1. The van der Waals surface area contributed by atoms with Gasteiger partial charge in [-0.05, 0) is 36.8 Å². The Hall–Kier alpha value is -3.02. The second kappa shape index (κ2) is 8.57. The number of anilines is 2. The van der Waals surface area contributed by atoms with E-state index in [9.17, 15) is 9.59 Å². The summed E-state index contributed by atoms with van der Waals surface area (Å²) in [5, 5.41) is 5.33. The Balaban J connectivity index is 1.78. The number of primary amides is 1. The van der Waals surface area contributed by atoms with Gasteiger partial charge in [-0.3, -0.25) is 4.79 Å². The highest BCUT2D eigenvalue weighted by atomic mass is 16.2. The molecular formula is C18H22N4O2. The number of carbonyl (C=O) groups excluding carboxylic acids is 2. The molecule has 0 radical (unpaired) electrons. The van der Waals surface area contributed by atoms with Crippen molar-refractivity contribution < 1.29 is 9.59 Å². The van der Waals surface area contributed by atoms with Crippen LogP contribution in [0.2, 0.25) is 0 Å². The standard InChI is InChI=1S/C18H22N4O2/c1-22(16-9-3-2-4-10-16)12-6-11-20-17(23)14-7-5-8-15(13-14)21-18(19)24/h2-5,7-10,13H,6,11-12H2,1H3,(H,20,23)(H3,19,21,24). The molecule has 6 heteroatoms. The van der Waals surface area contributed by atoms with Crippen molar-refractivity contribution in [2.24, 2.45) is 5.73 Å². The fraction of sp³-hybridized carbons (Fsp3) is 0.222. The van der Waals surface area contributed by atoms with Crippen molar-refractivity contribution in [1.29, 1.82) is 0 Å². The van der Waals surface area contributed by atoms with E-state index in [2.05, 4.69) is 27.7 Å². The predicted molar refractivity (Wildman–Crippen MR) is 96.3 cm³/mol. The molecule has 126 valence electrons. The van der Waals surface area contributed by atoms with E-state index in [1.807, 2.05) is 25.2 Å². The molecule has 0 fully saturated rings. The molecule has 0 aliphatic carbocycles. The predicted octanol–water partition coefficient (Wildman–Crippen LogP) is 2.43. The average Bonchev–Trinajstić information content (AvgIpc) is 2.58.